The number of halogens is 1. The number of aromatic nitrogens is 4. The number of guanidine groups is 1. The summed E-state index contributed by atoms with van der Waals surface area (Å²) in [6.45, 7) is 8.95. The van der Waals surface area contributed by atoms with Crippen LogP contribution in [0.3, 0.4) is 0 Å². The van der Waals surface area contributed by atoms with Crippen LogP contribution in [0.5, 0.6) is 0 Å². The second kappa shape index (κ2) is 12.7. The van der Waals surface area contributed by atoms with Crippen molar-refractivity contribution in [1.29, 1.82) is 0 Å². The van der Waals surface area contributed by atoms with Gasteiger partial charge in [-0.05, 0) is 19.8 Å². The molecule has 33 heavy (non-hydrogen) atoms. The molecule has 11 heteroatoms. The quantitative estimate of drug-likeness (QED) is 0.191. The van der Waals surface area contributed by atoms with Crippen molar-refractivity contribution in [2.75, 3.05) is 57.8 Å². The van der Waals surface area contributed by atoms with Crippen LogP contribution in [0, 0.1) is 0 Å². The Hall–Kier alpha value is -1.73. The highest BCUT2D eigenvalue weighted by Crippen LogP contribution is 2.34. The molecule has 3 N–H and O–H groups in total. The molecule has 0 amide bonds. The highest BCUT2D eigenvalue weighted by atomic mass is 127. The number of ether oxygens (including phenoxy) is 1. The largest absolute Gasteiger partial charge is 0.379 e. The molecule has 0 bridgehead atoms. The van der Waals surface area contributed by atoms with Crippen LogP contribution in [0.15, 0.2) is 17.5 Å². The number of anilines is 1. The number of nitrogens with one attached hydrogen (secondary N) is 3. The Kier molecular flexibility index (Phi) is 9.93. The second-order valence-electron chi connectivity index (χ2n) is 8.66. The number of hydrogen-bond donors (Lipinski definition) is 3. The van der Waals surface area contributed by atoms with Crippen LogP contribution in [0.2, 0.25) is 0 Å². The minimum absolute atomic E-state index is 0. The number of aliphatic imine (C=N–C) groups is 1. The molecule has 4 rings (SSSR count). The van der Waals surface area contributed by atoms with E-state index in [9.17, 15) is 0 Å². The summed E-state index contributed by atoms with van der Waals surface area (Å²) in [5.41, 5.74) is 1.00. The van der Waals surface area contributed by atoms with Crippen LogP contribution in [-0.2, 0) is 11.8 Å². The number of hydrogen-bond acceptors (Lipinski definition) is 7. The third-order valence-corrected chi connectivity index (χ3v) is 6.58. The van der Waals surface area contributed by atoms with E-state index in [2.05, 4.69) is 42.8 Å². The lowest BCUT2D eigenvalue weighted by molar-refractivity contribution is -0.0333. The molecule has 2 aromatic heterocycles. The van der Waals surface area contributed by atoms with Gasteiger partial charge in [-0.15, -0.1) is 24.0 Å². The number of aryl methyl sites for hydroxylation is 1. The van der Waals surface area contributed by atoms with Gasteiger partial charge in [-0.1, -0.05) is 19.3 Å². The van der Waals surface area contributed by atoms with E-state index in [1.54, 1.807) is 17.2 Å². The molecular weight excluding hydrogens is 533 g/mol. The number of nitrogens with zero attached hydrogens (tertiary/aromatic N) is 6. The molecule has 0 aromatic carbocycles. The first-order valence-electron chi connectivity index (χ1n) is 11.9. The Bertz CT molecular complexity index is 891. The summed E-state index contributed by atoms with van der Waals surface area (Å²) in [6, 6.07) is 0. The fourth-order valence-electron chi connectivity index (χ4n) is 4.85. The first-order chi connectivity index (χ1) is 15.7. The molecule has 184 valence electrons. The normalized spacial score (nSPS) is 19.2. The minimum atomic E-state index is 0. The van der Waals surface area contributed by atoms with Gasteiger partial charge in [-0.2, -0.15) is 5.10 Å². The zero-order valence-corrected chi connectivity index (χ0v) is 22.2. The lowest BCUT2D eigenvalue weighted by atomic mass is 9.80. The molecule has 0 atom stereocenters. The third-order valence-electron chi connectivity index (χ3n) is 6.58. The van der Waals surface area contributed by atoms with E-state index < -0.39 is 0 Å². The Labute approximate surface area is 213 Å². The van der Waals surface area contributed by atoms with Crippen molar-refractivity contribution in [2.45, 2.75) is 44.6 Å². The Balaban J connectivity index is 0.00000306. The highest BCUT2D eigenvalue weighted by molar-refractivity contribution is 14.0. The van der Waals surface area contributed by atoms with Crippen LogP contribution in [-0.4, -0.2) is 88.6 Å². The molecule has 0 radical (unpaired) electrons. The lowest BCUT2D eigenvalue weighted by Gasteiger charge is -2.47. The number of fused-ring (bicyclic) bond motifs is 1. The highest BCUT2D eigenvalue weighted by Gasteiger charge is 2.38. The average molecular weight is 572 g/mol. The van der Waals surface area contributed by atoms with E-state index in [1.807, 2.05) is 7.05 Å². The summed E-state index contributed by atoms with van der Waals surface area (Å²) < 4.78 is 7.36. The summed E-state index contributed by atoms with van der Waals surface area (Å²) in [6.07, 6.45) is 9.75. The molecule has 10 nitrogen and oxygen atoms in total. The molecule has 3 heterocycles. The molecule has 1 saturated heterocycles. The summed E-state index contributed by atoms with van der Waals surface area (Å²) in [7, 11) is 1.88. The van der Waals surface area contributed by atoms with Crippen molar-refractivity contribution >= 4 is 46.8 Å². The van der Waals surface area contributed by atoms with Crippen molar-refractivity contribution in [3.63, 3.8) is 0 Å². The molecule has 2 aromatic rings. The van der Waals surface area contributed by atoms with E-state index in [1.165, 1.54) is 32.1 Å². The molecule has 1 aliphatic heterocycles. The lowest BCUT2D eigenvalue weighted by Crippen LogP contribution is -2.56. The zero-order valence-electron chi connectivity index (χ0n) is 19.8. The van der Waals surface area contributed by atoms with Crippen LogP contribution in [0.1, 0.15) is 39.0 Å². The molecule has 0 spiro atoms. The van der Waals surface area contributed by atoms with Gasteiger partial charge >= 0.3 is 0 Å². The number of morpholine rings is 1. The summed E-state index contributed by atoms with van der Waals surface area (Å²) in [4.78, 5) is 16.3. The van der Waals surface area contributed by atoms with Crippen molar-refractivity contribution in [3.05, 3.63) is 12.5 Å². The van der Waals surface area contributed by atoms with Gasteiger partial charge in [0, 0.05) is 45.3 Å². The topological polar surface area (TPSA) is 105 Å². The molecule has 1 saturated carbocycles. The molecule has 2 fully saturated rings. The Morgan fingerprint density at radius 2 is 1.91 bits per heavy atom. The minimum Gasteiger partial charge on any atom is -0.379 e. The van der Waals surface area contributed by atoms with Gasteiger partial charge in [0.25, 0.3) is 0 Å². The predicted octanol–water partition coefficient (Wildman–Crippen LogP) is 1.98. The maximum Gasteiger partial charge on any atom is 0.191 e. The van der Waals surface area contributed by atoms with Crippen molar-refractivity contribution < 1.29 is 4.74 Å². The van der Waals surface area contributed by atoms with Crippen LogP contribution in [0.25, 0.3) is 11.0 Å². The zero-order chi connectivity index (χ0) is 22.2. The van der Waals surface area contributed by atoms with Gasteiger partial charge < -0.3 is 20.7 Å². The fraction of sp³-hybridized carbons (Fsp3) is 0.727. The van der Waals surface area contributed by atoms with Gasteiger partial charge in [0.05, 0.1) is 31.3 Å². The van der Waals surface area contributed by atoms with E-state index in [4.69, 9.17) is 9.73 Å². The van der Waals surface area contributed by atoms with Crippen LogP contribution in [0.4, 0.5) is 5.82 Å². The molecule has 0 unspecified atom stereocenters. The summed E-state index contributed by atoms with van der Waals surface area (Å²) >= 11 is 0. The van der Waals surface area contributed by atoms with Gasteiger partial charge in [-0.25, -0.2) is 9.97 Å². The predicted molar refractivity (Wildman–Crippen MR) is 142 cm³/mol. The van der Waals surface area contributed by atoms with Gasteiger partial charge in [0.2, 0.25) is 0 Å². The van der Waals surface area contributed by atoms with Gasteiger partial charge in [0.15, 0.2) is 11.6 Å². The van der Waals surface area contributed by atoms with E-state index >= 15 is 0 Å². The van der Waals surface area contributed by atoms with Crippen LogP contribution >= 0.6 is 24.0 Å². The summed E-state index contributed by atoms with van der Waals surface area (Å²) in [5.74, 6) is 1.68. The molecule has 1 aliphatic carbocycles. The Morgan fingerprint density at radius 1 is 1.12 bits per heavy atom. The van der Waals surface area contributed by atoms with E-state index in [0.29, 0.717) is 0 Å². The first kappa shape index (κ1) is 25.9. The number of rotatable bonds is 8. The van der Waals surface area contributed by atoms with Gasteiger partial charge in [0.1, 0.15) is 12.1 Å². The van der Waals surface area contributed by atoms with Crippen LogP contribution < -0.4 is 16.0 Å². The second-order valence-corrected chi connectivity index (χ2v) is 8.66. The standard InChI is InChI=1S/C22H37N9O.HI/c1-3-23-21(25-10-9-24-19-18-15-29-30(2)20(18)28-17-27-19)26-16-22(7-5-4-6-8-22)31-11-13-32-14-12-31;/h15,17H,3-14,16H2,1-2H3,(H2,23,25,26)(H,24,27,28);1H. The average Bonchev–Trinajstić information content (AvgIpc) is 3.23. The SMILES string of the molecule is CCNC(=NCC1(N2CCOCC2)CCCCC1)NCCNc1ncnc2c1cnn2C.I. The molecule has 2 aliphatic rings. The summed E-state index contributed by atoms with van der Waals surface area (Å²) in [5, 5.41) is 15.5. The van der Waals surface area contributed by atoms with E-state index in [0.717, 1.165) is 75.3 Å². The smallest absolute Gasteiger partial charge is 0.191 e. The van der Waals surface area contributed by atoms with Gasteiger partial charge in [-0.3, -0.25) is 14.6 Å². The fourth-order valence-corrected chi connectivity index (χ4v) is 4.85. The monoisotopic (exact) mass is 571 g/mol. The van der Waals surface area contributed by atoms with E-state index in [-0.39, 0.29) is 29.5 Å². The third kappa shape index (κ3) is 6.44. The van der Waals surface area contributed by atoms with Crippen molar-refractivity contribution in [2.24, 2.45) is 12.0 Å². The first-order valence-corrected chi connectivity index (χ1v) is 11.9. The maximum absolute atomic E-state index is 5.61. The molecular formula is C22H38IN9O. The maximum atomic E-state index is 5.61. The van der Waals surface area contributed by atoms with Crippen molar-refractivity contribution in [3.8, 4) is 0 Å². The van der Waals surface area contributed by atoms with Crippen molar-refractivity contribution in [1.82, 2.24) is 35.3 Å². The Morgan fingerprint density at radius 3 is 2.67 bits per heavy atom.